The van der Waals surface area contributed by atoms with E-state index in [1.807, 2.05) is 22.4 Å². The van der Waals surface area contributed by atoms with Gasteiger partial charge < -0.3 is 16.0 Å². The molecule has 7 heteroatoms. The molecular formula is C24H32ClN3O2S. The Bertz CT molecular complexity index is 900. The van der Waals surface area contributed by atoms with Gasteiger partial charge in [-0.2, -0.15) is 0 Å². The maximum absolute atomic E-state index is 13.3. The molecule has 2 aromatic rings. The summed E-state index contributed by atoms with van der Waals surface area (Å²) in [5.74, 6) is -0.0118. The largest absolute Gasteiger partial charge is 0.335 e. The topological polar surface area (TPSA) is 75.4 Å². The molecule has 1 heterocycles. The Morgan fingerprint density at radius 1 is 1.19 bits per heavy atom. The molecule has 1 aromatic carbocycles. The molecule has 0 aliphatic heterocycles. The van der Waals surface area contributed by atoms with Crippen molar-refractivity contribution in [2.24, 2.45) is 11.1 Å². The highest BCUT2D eigenvalue weighted by Gasteiger charge is 2.30. The molecule has 3 N–H and O–H groups in total. The lowest BCUT2D eigenvalue weighted by atomic mass is 9.88. The van der Waals surface area contributed by atoms with E-state index in [4.69, 9.17) is 17.3 Å². The molecule has 0 saturated heterocycles. The molecular weight excluding hydrogens is 430 g/mol. The first-order chi connectivity index (χ1) is 14.6. The summed E-state index contributed by atoms with van der Waals surface area (Å²) in [6, 6.07) is 9.46. The molecule has 1 aromatic heterocycles. The molecule has 0 atom stereocenters. The zero-order chi connectivity index (χ0) is 22.6. The lowest BCUT2D eigenvalue weighted by Gasteiger charge is -2.37. The van der Waals surface area contributed by atoms with Gasteiger partial charge in [0.1, 0.15) is 0 Å². The van der Waals surface area contributed by atoms with Crippen molar-refractivity contribution in [3.8, 4) is 0 Å². The van der Waals surface area contributed by atoms with E-state index in [1.165, 1.54) is 11.3 Å². The molecule has 2 amide bonds. The number of carbonyl (C=O) groups is 2. The van der Waals surface area contributed by atoms with Crippen molar-refractivity contribution in [3.63, 3.8) is 0 Å². The third kappa shape index (κ3) is 6.79. The smallest absolute Gasteiger partial charge is 0.265 e. The van der Waals surface area contributed by atoms with E-state index >= 15 is 0 Å². The Morgan fingerprint density at radius 3 is 2.52 bits per heavy atom. The fraction of sp³-hybridized carbons (Fsp3) is 0.500. The van der Waals surface area contributed by atoms with Crippen LogP contribution in [0.25, 0.3) is 0 Å². The first-order valence-electron chi connectivity index (χ1n) is 10.8. The summed E-state index contributed by atoms with van der Waals surface area (Å²) >= 11 is 7.90. The number of amides is 2. The highest BCUT2D eigenvalue weighted by atomic mass is 35.5. The van der Waals surface area contributed by atoms with Gasteiger partial charge in [-0.15, -0.1) is 11.3 Å². The predicted molar refractivity (Wildman–Crippen MR) is 129 cm³/mol. The minimum atomic E-state index is -0.148. The first kappa shape index (κ1) is 23.8. The van der Waals surface area contributed by atoms with E-state index < -0.39 is 0 Å². The van der Waals surface area contributed by atoms with Crippen LogP contribution < -0.4 is 11.1 Å². The molecule has 1 fully saturated rings. The van der Waals surface area contributed by atoms with Crippen molar-refractivity contribution < 1.29 is 9.59 Å². The number of nitrogens with zero attached hydrogens (tertiary/aromatic N) is 1. The van der Waals surface area contributed by atoms with E-state index in [1.54, 1.807) is 18.2 Å². The maximum Gasteiger partial charge on any atom is 0.265 e. The molecule has 1 aliphatic carbocycles. The van der Waals surface area contributed by atoms with Crippen molar-refractivity contribution in [2.45, 2.75) is 71.5 Å². The van der Waals surface area contributed by atoms with Crippen LogP contribution in [0.1, 0.15) is 68.1 Å². The number of hydrogen-bond donors (Lipinski definition) is 2. The van der Waals surface area contributed by atoms with E-state index in [2.05, 4.69) is 26.1 Å². The van der Waals surface area contributed by atoms with Gasteiger partial charge in [-0.1, -0.05) is 38.4 Å². The Labute approximate surface area is 194 Å². The molecule has 0 radical (unpaired) electrons. The van der Waals surface area contributed by atoms with Crippen LogP contribution in [0.2, 0.25) is 5.02 Å². The van der Waals surface area contributed by atoms with Crippen LogP contribution in [0.5, 0.6) is 0 Å². The van der Waals surface area contributed by atoms with Gasteiger partial charge in [0.2, 0.25) is 5.91 Å². The van der Waals surface area contributed by atoms with Crippen molar-refractivity contribution in [1.82, 2.24) is 4.90 Å². The monoisotopic (exact) mass is 461 g/mol. The number of halogens is 1. The van der Waals surface area contributed by atoms with Crippen molar-refractivity contribution >= 4 is 40.4 Å². The van der Waals surface area contributed by atoms with E-state index in [0.29, 0.717) is 28.6 Å². The molecule has 0 unspecified atom stereocenters. The van der Waals surface area contributed by atoms with E-state index in [9.17, 15) is 9.59 Å². The van der Waals surface area contributed by atoms with Crippen LogP contribution in [-0.2, 0) is 11.3 Å². The maximum atomic E-state index is 13.3. The molecule has 5 nitrogen and oxygen atoms in total. The SMILES string of the molecule is CC(C)(C)CC(=O)N(Cc1cc(NC(=O)c2cccs2)ccc1Cl)C1CCC(N)CC1. The molecule has 31 heavy (non-hydrogen) atoms. The van der Waals surface area contributed by atoms with Gasteiger partial charge in [0.05, 0.1) is 4.88 Å². The lowest BCUT2D eigenvalue weighted by molar-refractivity contribution is -0.137. The van der Waals surface area contributed by atoms with Gasteiger partial charge >= 0.3 is 0 Å². The molecule has 3 rings (SSSR count). The van der Waals surface area contributed by atoms with Crippen LogP contribution in [-0.4, -0.2) is 28.8 Å². The number of carbonyl (C=O) groups excluding carboxylic acids is 2. The zero-order valence-corrected chi connectivity index (χ0v) is 20.1. The Kier molecular flexibility index (Phi) is 7.78. The average molecular weight is 462 g/mol. The summed E-state index contributed by atoms with van der Waals surface area (Å²) in [6.07, 6.45) is 4.14. The minimum absolute atomic E-state index is 0.0965. The normalized spacial score (nSPS) is 19.1. The van der Waals surface area contributed by atoms with Gasteiger partial charge in [0.15, 0.2) is 0 Å². The number of anilines is 1. The van der Waals surface area contributed by atoms with Gasteiger partial charge in [-0.25, -0.2) is 0 Å². The molecule has 0 spiro atoms. The second kappa shape index (κ2) is 10.2. The average Bonchev–Trinajstić information content (AvgIpc) is 3.23. The van der Waals surface area contributed by atoms with E-state index in [-0.39, 0.29) is 29.3 Å². The van der Waals surface area contributed by atoms with Gasteiger partial charge in [0, 0.05) is 35.8 Å². The summed E-state index contributed by atoms with van der Waals surface area (Å²) < 4.78 is 0. The highest BCUT2D eigenvalue weighted by molar-refractivity contribution is 7.12. The summed E-state index contributed by atoms with van der Waals surface area (Å²) in [5, 5.41) is 5.40. The van der Waals surface area contributed by atoms with Crippen molar-refractivity contribution in [3.05, 3.63) is 51.2 Å². The van der Waals surface area contributed by atoms with Crippen LogP contribution in [0, 0.1) is 5.41 Å². The van der Waals surface area contributed by atoms with Crippen molar-refractivity contribution in [1.29, 1.82) is 0 Å². The Hall–Kier alpha value is -1.89. The number of rotatable bonds is 6. The molecule has 1 aliphatic rings. The minimum Gasteiger partial charge on any atom is -0.335 e. The highest BCUT2D eigenvalue weighted by Crippen LogP contribution is 2.30. The second-order valence-electron chi connectivity index (χ2n) is 9.57. The third-order valence-electron chi connectivity index (χ3n) is 5.57. The Morgan fingerprint density at radius 2 is 1.90 bits per heavy atom. The van der Waals surface area contributed by atoms with Gasteiger partial charge in [-0.3, -0.25) is 9.59 Å². The predicted octanol–water partition coefficient (Wildman–Crippen LogP) is 5.69. The standard InChI is InChI=1S/C24H32ClN3O2S/c1-24(2,3)14-22(29)28(19-9-6-17(26)7-10-19)15-16-13-18(8-11-20(16)25)27-23(30)21-5-4-12-31-21/h4-5,8,11-13,17,19H,6-7,9-10,14-15,26H2,1-3H3,(H,27,30). The zero-order valence-electron chi connectivity index (χ0n) is 18.5. The van der Waals surface area contributed by atoms with Gasteiger partial charge in [0.25, 0.3) is 5.91 Å². The first-order valence-corrected chi connectivity index (χ1v) is 12.1. The van der Waals surface area contributed by atoms with Gasteiger partial charge in [-0.05, 0) is 66.3 Å². The summed E-state index contributed by atoms with van der Waals surface area (Å²) in [7, 11) is 0. The molecule has 1 saturated carbocycles. The fourth-order valence-corrected chi connectivity index (χ4v) is 4.74. The number of nitrogens with one attached hydrogen (secondary N) is 1. The molecule has 0 bridgehead atoms. The summed E-state index contributed by atoms with van der Waals surface area (Å²) in [4.78, 5) is 28.3. The summed E-state index contributed by atoms with van der Waals surface area (Å²) in [5.41, 5.74) is 7.51. The number of benzene rings is 1. The molecule has 168 valence electrons. The van der Waals surface area contributed by atoms with E-state index in [0.717, 1.165) is 31.2 Å². The third-order valence-corrected chi connectivity index (χ3v) is 6.81. The second-order valence-corrected chi connectivity index (χ2v) is 10.9. The quantitative estimate of drug-likeness (QED) is 0.580. The number of nitrogens with two attached hydrogens (primary N) is 1. The van der Waals surface area contributed by atoms with Crippen LogP contribution >= 0.6 is 22.9 Å². The van der Waals surface area contributed by atoms with Crippen LogP contribution in [0.4, 0.5) is 5.69 Å². The fourth-order valence-electron chi connectivity index (χ4n) is 3.95. The Balaban J connectivity index is 1.80. The summed E-state index contributed by atoms with van der Waals surface area (Å²) in [6.45, 7) is 6.66. The number of hydrogen-bond acceptors (Lipinski definition) is 4. The van der Waals surface area contributed by atoms with Crippen LogP contribution in [0.15, 0.2) is 35.7 Å². The van der Waals surface area contributed by atoms with Crippen LogP contribution in [0.3, 0.4) is 0 Å². The lowest BCUT2D eigenvalue weighted by Crippen LogP contribution is -2.44. The van der Waals surface area contributed by atoms with Crippen molar-refractivity contribution in [2.75, 3.05) is 5.32 Å². The number of thiophene rings is 1.